The summed E-state index contributed by atoms with van der Waals surface area (Å²) in [5.41, 5.74) is 5.33. The number of carbonyl (C=O) groups is 3. The highest BCUT2D eigenvalue weighted by atomic mass is 31.2. The molecule has 0 radical (unpaired) electrons. The molecule has 0 aromatic heterocycles. The van der Waals surface area contributed by atoms with Crippen molar-refractivity contribution in [2.24, 2.45) is 5.73 Å². The molecule has 12 heteroatoms. The highest BCUT2D eigenvalue weighted by molar-refractivity contribution is 7.47. The third-order valence-electron chi connectivity index (χ3n) is 9.28. The number of carboxylic acid groups (broad SMARTS) is 1. The zero-order valence-corrected chi connectivity index (χ0v) is 37.0. The van der Waals surface area contributed by atoms with Crippen LogP contribution in [-0.4, -0.2) is 59.9 Å². The summed E-state index contributed by atoms with van der Waals surface area (Å²) < 4.78 is 32.7. The van der Waals surface area contributed by atoms with Crippen LogP contribution in [0.15, 0.2) is 60.8 Å². The summed E-state index contributed by atoms with van der Waals surface area (Å²) in [5, 5.41) is 8.89. The average Bonchev–Trinajstić information content (AvgIpc) is 3.20. The van der Waals surface area contributed by atoms with Crippen molar-refractivity contribution in [3.05, 3.63) is 60.8 Å². The maximum atomic E-state index is 12.6. The molecule has 0 aromatic rings. The van der Waals surface area contributed by atoms with E-state index in [1.54, 1.807) is 0 Å². The topological polar surface area (TPSA) is 172 Å². The van der Waals surface area contributed by atoms with E-state index in [-0.39, 0.29) is 19.4 Å². The standard InChI is InChI=1S/C46H80NO10P/c1-3-5-7-9-11-13-15-17-19-21-23-25-27-29-31-33-35-37-44(48)54-39-42(40-55-58(52,53)56-41-43(47)46(50)51)57-45(49)38-36-34-32-30-28-26-24-22-20-18-16-14-12-10-8-6-4-2/h6,8,12,14,18,20,24,26,30,32,42-43H,3-5,7,9-11,13,15-17,19,21-23,25,27-29,31,33-41,47H2,1-2H3,(H,50,51)(H,52,53)/b8-6-,14-12-,20-18-,26-24-,32-30-/t42-,43+/m1/s1. The smallest absolute Gasteiger partial charge is 0.472 e. The second-order valence-electron chi connectivity index (χ2n) is 14.8. The second-order valence-corrected chi connectivity index (χ2v) is 16.3. The van der Waals surface area contributed by atoms with Crippen LogP contribution >= 0.6 is 7.82 Å². The first-order valence-corrected chi connectivity index (χ1v) is 23.8. The minimum atomic E-state index is -4.73. The van der Waals surface area contributed by atoms with E-state index in [1.807, 2.05) is 12.2 Å². The summed E-state index contributed by atoms with van der Waals surface area (Å²) in [6.07, 6.45) is 47.2. The number of hydrogen-bond acceptors (Lipinski definition) is 9. The highest BCUT2D eigenvalue weighted by Crippen LogP contribution is 2.43. The number of unbranched alkanes of at least 4 members (excludes halogenated alkanes) is 17. The zero-order chi connectivity index (χ0) is 42.8. The van der Waals surface area contributed by atoms with Crippen molar-refractivity contribution in [1.29, 1.82) is 0 Å². The number of esters is 2. The lowest BCUT2D eigenvalue weighted by molar-refractivity contribution is -0.161. The lowest BCUT2D eigenvalue weighted by atomic mass is 10.0. The van der Waals surface area contributed by atoms with Crippen LogP contribution in [0, 0.1) is 0 Å². The summed E-state index contributed by atoms with van der Waals surface area (Å²) in [5.74, 6) is -2.45. The summed E-state index contributed by atoms with van der Waals surface area (Å²) >= 11 is 0. The average molecular weight is 838 g/mol. The molecule has 0 fully saturated rings. The SMILES string of the molecule is CC/C=C\C/C=C\C/C=C\C/C=C\C/C=C\CCCC(=O)O[C@H](COC(=O)CCCCCCCCCCCCCCCCCCC)COP(=O)(O)OC[C@H](N)C(=O)O. The lowest BCUT2D eigenvalue weighted by Crippen LogP contribution is -2.34. The Morgan fingerprint density at radius 2 is 0.966 bits per heavy atom. The van der Waals surface area contributed by atoms with Crippen molar-refractivity contribution in [2.45, 2.75) is 193 Å². The molecule has 0 saturated carbocycles. The predicted molar refractivity (Wildman–Crippen MR) is 235 cm³/mol. The minimum Gasteiger partial charge on any atom is -0.480 e. The number of carbonyl (C=O) groups excluding carboxylic acids is 2. The Hall–Kier alpha value is -2.82. The molecule has 0 rings (SSSR count). The molecular formula is C46H80NO10P. The van der Waals surface area contributed by atoms with Crippen molar-refractivity contribution in [1.82, 2.24) is 0 Å². The third-order valence-corrected chi connectivity index (χ3v) is 10.2. The van der Waals surface area contributed by atoms with E-state index in [9.17, 15) is 23.8 Å². The molecule has 4 N–H and O–H groups in total. The number of aliphatic carboxylic acids is 1. The van der Waals surface area contributed by atoms with Crippen molar-refractivity contribution in [3.8, 4) is 0 Å². The Balaban J connectivity index is 4.43. The Morgan fingerprint density at radius 1 is 0.552 bits per heavy atom. The van der Waals surface area contributed by atoms with Crippen LogP contribution in [0.5, 0.6) is 0 Å². The van der Waals surface area contributed by atoms with Gasteiger partial charge >= 0.3 is 25.7 Å². The summed E-state index contributed by atoms with van der Waals surface area (Å²) in [7, 11) is -4.73. The largest absolute Gasteiger partial charge is 0.480 e. The van der Waals surface area contributed by atoms with E-state index in [4.69, 9.17) is 24.8 Å². The van der Waals surface area contributed by atoms with Crippen LogP contribution in [0.1, 0.15) is 181 Å². The van der Waals surface area contributed by atoms with Gasteiger partial charge in [0.25, 0.3) is 0 Å². The van der Waals surface area contributed by atoms with E-state index >= 15 is 0 Å². The fourth-order valence-corrected chi connectivity index (χ4v) is 6.58. The molecule has 1 unspecified atom stereocenters. The molecule has 0 bridgehead atoms. The molecule has 0 spiro atoms. The monoisotopic (exact) mass is 838 g/mol. The van der Waals surface area contributed by atoms with Gasteiger partial charge in [0.1, 0.15) is 12.6 Å². The van der Waals surface area contributed by atoms with Gasteiger partial charge in [-0.25, -0.2) is 4.57 Å². The lowest BCUT2D eigenvalue weighted by Gasteiger charge is -2.20. The van der Waals surface area contributed by atoms with Crippen LogP contribution in [0.3, 0.4) is 0 Å². The van der Waals surface area contributed by atoms with E-state index in [0.717, 1.165) is 51.4 Å². The molecule has 0 saturated heterocycles. The molecule has 0 heterocycles. The van der Waals surface area contributed by atoms with Crippen LogP contribution in [0.4, 0.5) is 0 Å². The first kappa shape index (κ1) is 55.2. The fraction of sp³-hybridized carbons (Fsp3) is 0.717. The van der Waals surface area contributed by atoms with Gasteiger partial charge in [-0.15, -0.1) is 0 Å². The molecular weight excluding hydrogens is 757 g/mol. The van der Waals surface area contributed by atoms with Gasteiger partial charge in [0.2, 0.25) is 0 Å². The Bertz CT molecular complexity index is 1210. The molecule has 58 heavy (non-hydrogen) atoms. The number of rotatable bonds is 41. The first-order valence-electron chi connectivity index (χ1n) is 22.3. The number of ether oxygens (including phenoxy) is 2. The van der Waals surface area contributed by atoms with Crippen LogP contribution in [0.2, 0.25) is 0 Å². The summed E-state index contributed by atoms with van der Waals surface area (Å²) in [6, 6.07) is -1.53. The molecule has 0 aliphatic rings. The van der Waals surface area contributed by atoms with Gasteiger partial charge in [0, 0.05) is 12.8 Å². The number of hydrogen-bond donors (Lipinski definition) is 3. The second kappa shape index (κ2) is 40.9. The van der Waals surface area contributed by atoms with E-state index in [2.05, 4.69) is 67.0 Å². The highest BCUT2D eigenvalue weighted by Gasteiger charge is 2.28. The van der Waals surface area contributed by atoms with Crippen molar-refractivity contribution < 1.29 is 47.5 Å². The zero-order valence-electron chi connectivity index (χ0n) is 36.1. The van der Waals surface area contributed by atoms with Gasteiger partial charge in [-0.2, -0.15) is 0 Å². The molecule has 334 valence electrons. The van der Waals surface area contributed by atoms with E-state index in [0.29, 0.717) is 19.3 Å². The Kier molecular flexibility index (Phi) is 38.9. The minimum absolute atomic E-state index is 0.0821. The molecule has 11 nitrogen and oxygen atoms in total. The summed E-state index contributed by atoms with van der Waals surface area (Å²) in [4.78, 5) is 46.0. The number of allylic oxidation sites excluding steroid dienone is 10. The van der Waals surface area contributed by atoms with Crippen molar-refractivity contribution in [3.63, 3.8) is 0 Å². The van der Waals surface area contributed by atoms with Crippen LogP contribution < -0.4 is 5.73 Å². The van der Waals surface area contributed by atoms with Crippen LogP contribution in [0.25, 0.3) is 0 Å². The molecule has 0 aliphatic heterocycles. The predicted octanol–water partition coefficient (Wildman–Crippen LogP) is 12.0. The molecule has 0 aromatic carbocycles. The normalized spacial score (nSPS) is 14.3. The van der Waals surface area contributed by atoms with Crippen LogP contribution in [-0.2, 0) is 37.5 Å². The number of carboxylic acids is 1. The first-order chi connectivity index (χ1) is 28.1. The van der Waals surface area contributed by atoms with Gasteiger partial charge < -0.3 is 25.2 Å². The van der Waals surface area contributed by atoms with Gasteiger partial charge in [0.05, 0.1) is 13.2 Å². The van der Waals surface area contributed by atoms with Gasteiger partial charge in [-0.05, 0) is 51.4 Å². The molecule has 0 aliphatic carbocycles. The summed E-state index contributed by atoms with van der Waals surface area (Å²) in [6.45, 7) is 2.64. The van der Waals surface area contributed by atoms with E-state index in [1.165, 1.54) is 83.5 Å². The number of nitrogens with two attached hydrogens (primary N) is 1. The van der Waals surface area contributed by atoms with Gasteiger partial charge in [0.15, 0.2) is 6.10 Å². The quantitative estimate of drug-likeness (QED) is 0.0231. The fourth-order valence-electron chi connectivity index (χ4n) is 5.81. The van der Waals surface area contributed by atoms with Crippen molar-refractivity contribution in [2.75, 3.05) is 19.8 Å². The maximum Gasteiger partial charge on any atom is 0.472 e. The van der Waals surface area contributed by atoms with Crippen molar-refractivity contribution >= 4 is 25.7 Å². The number of phosphoric acid groups is 1. The Labute approximate surface area is 351 Å². The Morgan fingerprint density at radius 3 is 1.43 bits per heavy atom. The van der Waals surface area contributed by atoms with E-state index < -0.39 is 51.1 Å². The van der Waals surface area contributed by atoms with Gasteiger partial charge in [-0.1, -0.05) is 177 Å². The maximum absolute atomic E-state index is 12.6. The van der Waals surface area contributed by atoms with Gasteiger partial charge in [-0.3, -0.25) is 23.4 Å². The molecule has 3 atom stereocenters. The third kappa shape index (κ3) is 40.0. The number of phosphoric ester groups is 1. The molecule has 0 amide bonds.